The van der Waals surface area contributed by atoms with Gasteiger partial charge in [0, 0.05) is 25.5 Å². The van der Waals surface area contributed by atoms with Crippen molar-refractivity contribution in [3.05, 3.63) is 103 Å². The van der Waals surface area contributed by atoms with Gasteiger partial charge in [0.1, 0.15) is 0 Å². The number of rotatable bonds is 3. The fourth-order valence-electron chi connectivity index (χ4n) is 3.32. The number of pyridine rings is 1. The number of hydrogen-bond donors (Lipinski definition) is 0. The predicted molar refractivity (Wildman–Crippen MR) is 115 cm³/mol. The van der Waals surface area contributed by atoms with Gasteiger partial charge in [-0.25, -0.2) is 11.3 Å². The molecule has 2 heterocycles. The summed E-state index contributed by atoms with van der Waals surface area (Å²) in [5.41, 5.74) is 5.61. The molecule has 137 valence electrons. The maximum Gasteiger partial charge on any atom is 0.0565 e. The first-order valence-electron chi connectivity index (χ1n) is 8.91. The summed E-state index contributed by atoms with van der Waals surface area (Å²) in [5.74, 6) is 0. The molecule has 0 bridgehead atoms. The molecule has 0 saturated heterocycles. The van der Waals surface area contributed by atoms with Crippen molar-refractivity contribution in [1.82, 2.24) is 4.98 Å². The molecule has 1 nitrogen and oxygen atoms in total. The van der Waals surface area contributed by atoms with Crippen LogP contribution in [0.3, 0.4) is 0 Å². The predicted octanol–water partition coefficient (Wildman–Crippen LogP) is 7.09. The zero-order valence-corrected chi connectivity index (χ0v) is 18.1. The monoisotopic (exact) mass is 555 g/mol. The van der Waals surface area contributed by atoms with Crippen LogP contribution in [-0.2, 0) is 20.1 Å². The molecule has 0 aliphatic rings. The number of nitrogens with zero attached hydrogens (tertiary/aromatic N) is 1. The average Bonchev–Trinajstić information content (AvgIpc) is 3.25. The first-order valence-corrected chi connectivity index (χ1v) is 9.73. The Morgan fingerprint density at radius 2 is 1.36 bits per heavy atom. The van der Waals surface area contributed by atoms with Gasteiger partial charge in [0.15, 0.2) is 0 Å². The Labute approximate surface area is 182 Å². The molecule has 1 radical (unpaired) electrons. The van der Waals surface area contributed by atoms with Crippen LogP contribution in [0.1, 0.15) is 0 Å². The van der Waals surface area contributed by atoms with Gasteiger partial charge >= 0.3 is 0 Å². The van der Waals surface area contributed by atoms with E-state index in [4.69, 9.17) is 4.98 Å². The number of thiophene rings is 1. The largest absolute Gasteiger partial charge is 0.310 e. The van der Waals surface area contributed by atoms with Crippen LogP contribution in [0.2, 0.25) is 0 Å². The average molecular weight is 555 g/mol. The first-order chi connectivity index (χ1) is 13.4. The van der Waals surface area contributed by atoms with Gasteiger partial charge in [-0.15, -0.1) is 0 Å². The van der Waals surface area contributed by atoms with Crippen molar-refractivity contribution in [2.24, 2.45) is 0 Å². The zero-order chi connectivity index (χ0) is 18.1. The van der Waals surface area contributed by atoms with E-state index in [9.17, 15) is 0 Å². The minimum absolute atomic E-state index is 0. The van der Waals surface area contributed by atoms with E-state index in [1.54, 1.807) is 11.3 Å². The van der Waals surface area contributed by atoms with Crippen LogP contribution < -0.4 is 0 Å². The zero-order valence-electron chi connectivity index (χ0n) is 14.9. The third-order valence-electron chi connectivity index (χ3n) is 4.64. The van der Waals surface area contributed by atoms with Gasteiger partial charge in [0.25, 0.3) is 0 Å². The molecular weight excluding hydrogens is 539 g/mol. The van der Waals surface area contributed by atoms with E-state index in [2.05, 4.69) is 84.9 Å². The Bertz CT molecular complexity index is 1210. The maximum absolute atomic E-state index is 4.92. The number of hydrogen-bond acceptors (Lipinski definition) is 2. The summed E-state index contributed by atoms with van der Waals surface area (Å²) in [6.45, 7) is 0. The molecule has 3 aromatic carbocycles. The van der Waals surface area contributed by atoms with Gasteiger partial charge in [-0.05, 0) is 22.9 Å². The van der Waals surface area contributed by atoms with Crippen molar-refractivity contribution < 1.29 is 20.1 Å². The molecule has 3 heteroatoms. The van der Waals surface area contributed by atoms with Crippen molar-refractivity contribution in [1.29, 1.82) is 0 Å². The van der Waals surface area contributed by atoms with Gasteiger partial charge in [-0.2, -0.15) is 12.1 Å². The molecule has 2 aromatic heterocycles. The second-order valence-electron chi connectivity index (χ2n) is 6.39. The smallest absolute Gasteiger partial charge is 0.0565 e. The van der Waals surface area contributed by atoms with Crippen LogP contribution in [0.5, 0.6) is 0 Å². The minimum Gasteiger partial charge on any atom is -0.310 e. The summed E-state index contributed by atoms with van der Waals surface area (Å²) >= 11 is 1.73. The molecule has 0 fully saturated rings. The standard InChI is InChI=1S/C25H16NS.Ir/c1-3-9-18(10-4-1)21-17-23(26-22-14-8-7-13-20(21)22)25-16-15-24(27-25)19-11-5-2-6-12-19;/h1-15,17H;/q-1;. The van der Waals surface area contributed by atoms with E-state index in [0.29, 0.717) is 0 Å². The van der Waals surface area contributed by atoms with E-state index in [1.807, 2.05) is 18.2 Å². The van der Waals surface area contributed by atoms with Crippen molar-refractivity contribution >= 4 is 22.2 Å². The van der Waals surface area contributed by atoms with Crippen molar-refractivity contribution in [2.75, 3.05) is 0 Å². The van der Waals surface area contributed by atoms with Crippen molar-refractivity contribution in [3.8, 4) is 32.1 Å². The number of aromatic nitrogens is 1. The van der Waals surface area contributed by atoms with E-state index >= 15 is 0 Å². The molecule has 0 aliphatic carbocycles. The van der Waals surface area contributed by atoms with E-state index in [0.717, 1.165) is 16.1 Å². The normalized spacial score (nSPS) is 10.6. The van der Waals surface area contributed by atoms with Crippen molar-refractivity contribution in [3.63, 3.8) is 0 Å². The molecule has 28 heavy (non-hydrogen) atoms. The van der Waals surface area contributed by atoms with E-state index in [-0.39, 0.29) is 20.1 Å². The van der Waals surface area contributed by atoms with Gasteiger partial charge in [0.05, 0.1) is 5.52 Å². The summed E-state index contributed by atoms with van der Waals surface area (Å²) in [6, 6.07) is 37.0. The summed E-state index contributed by atoms with van der Waals surface area (Å²) in [5, 5.41) is 1.17. The third kappa shape index (κ3) is 3.57. The molecule has 0 saturated carbocycles. The summed E-state index contributed by atoms with van der Waals surface area (Å²) in [7, 11) is 0. The van der Waals surface area contributed by atoms with Gasteiger partial charge in [-0.1, -0.05) is 100 Å². The maximum atomic E-state index is 4.92. The fourth-order valence-corrected chi connectivity index (χ4v) is 4.24. The van der Waals surface area contributed by atoms with Crippen LogP contribution in [0.25, 0.3) is 43.0 Å². The van der Waals surface area contributed by atoms with Crippen LogP contribution in [0.4, 0.5) is 0 Å². The van der Waals surface area contributed by atoms with Gasteiger partial charge in [0.2, 0.25) is 0 Å². The molecule has 0 spiro atoms. The Morgan fingerprint density at radius 3 is 2.11 bits per heavy atom. The molecular formula is C25H16IrNS-. The Morgan fingerprint density at radius 1 is 0.714 bits per heavy atom. The number of benzene rings is 3. The second kappa shape index (κ2) is 8.20. The SMILES string of the molecule is [Ir].[c-]1cc(-c2ccccc2)sc1-c1cc(-c2ccccc2)c2ccccc2n1. The van der Waals surface area contributed by atoms with Gasteiger partial charge < -0.3 is 4.98 Å². The topological polar surface area (TPSA) is 12.9 Å². The van der Waals surface area contributed by atoms with Crippen LogP contribution >= 0.6 is 11.3 Å². The number of para-hydroxylation sites is 1. The summed E-state index contributed by atoms with van der Waals surface area (Å²) in [6.07, 6.45) is 0. The molecule has 0 amide bonds. The van der Waals surface area contributed by atoms with Gasteiger partial charge in [-0.3, -0.25) is 0 Å². The van der Waals surface area contributed by atoms with E-state index < -0.39 is 0 Å². The third-order valence-corrected chi connectivity index (χ3v) is 5.74. The fraction of sp³-hybridized carbons (Fsp3) is 0. The Hall–Kier alpha value is -2.58. The van der Waals surface area contributed by atoms with Crippen LogP contribution in [0, 0.1) is 6.07 Å². The first kappa shape index (κ1) is 18.8. The summed E-state index contributed by atoms with van der Waals surface area (Å²) < 4.78 is 0. The molecule has 5 aromatic rings. The van der Waals surface area contributed by atoms with Crippen molar-refractivity contribution in [2.45, 2.75) is 0 Å². The molecule has 0 N–H and O–H groups in total. The summed E-state index contributed by atoms with van der Waals surface area (Å²) in [4.78, 5) is 7.19. The van der Waals surface area contributed by atoms with Crippen LogP contribution in [0.15, 0.2) is 97.1 Å². The molecule has 0 atom stereocenters. The Kier molecular flexibility index (Phi) is 5.49. The number of fused-ring (bicyclic) bond motifs is 1. The second-order valence-corrected chi connectivity index (χ2v) is 7.44. The Balaban J connectivity index is 0.00000192. The minimum atomic E-state index is 0. The quantitative estimate of drug-likeness (QED) is 0.217. The molecule has 0 aliphatic heterocycles. The molecule has 5 rings (SSSR count). The van der Waals surface area contributed by atoms with Crippen LogP contribution in [-0.4, -0.2) is 4.98 Å². The molecule has 0 unspecified atom stereocenters. The van der Waals surface area contributed by atoms with E-state index in [1.165, 1.54) is 27.0 Å².